The molecule has 0 aliphatic rings. The van der Waals surface area contributed by atoms with Crippen molar-refractivity contribution in [2.45, 2.75) is 13.8 Å². The largest absolute Gasteiger partial charge is 0.456 e. The minimum atomic E-state index is -0.196. The summed E-state index contributed by atoms with van der Waals surface area (Å²) in [4.78, 5) is 25.3. The number of carbonyl (C=O) groups is 1. The first-order chi connectivity index (χ1) is 15.5. The summed E-state index contributed by atoms with van der Waals surface area (Å²) >= 11 is 0. The van der Waals surface area contributed by atoms with E-state index in [1.54, 1.807) is 24.3 Å². The van der Waals surface area contributed by atoms with Crippen molar-refractivity contribution in [1.29, 1.82) is 0 Å². The molecule has 0 spiro atoms. The molecule has 0 aliphatic heterocycles. The van der Waals surface area contributed by atoms with Crippen molar-refractivity contribution in [2.75, 3.05) is 5.32 Å². The Hall–Kier alpha value is -4.18. The lowest BCUT2D eigenvalue weighted by molar-refractivity contribution is 0.102. The fraction of sp³-hybridized carbons (Fsp3) is 0.0714. The van der Waals surface area contributed by atoms with Gasteiger partial charge in [-0.2, -0.15) is 0 Å². The molecule has 5 aromatic rings. The highest BCUT2D eigenvalue weighted by atomic mass is 16.3. The molecule has 0 bridgehead atoms. The van der Waals surface area contributed by atoms with Gasteiger partial charge in [0.25, 0.3) is 5.91 Å². The van der Waals surface area contributed by atoms with Gasteiger partial charge in [-0.3, -0.25) is 9.59 Å². The molecule has 1 heterocycles. The van der Waals surface area contributed by atoms with Gasteiger partial charge in [-0.15, -0.1) is 0 Å². The minimum Gasteiger partial charge on any atom is -0.456 e. The molecule has 4 aromatic carbocycles. The van der Waals surface area contributed by atoms with Crippen LogP contribution >= 0.6 is 0 Å². The van der Waals surface area contributed by atoms with Crippen molar-refractivity contribution in [3.05, 3.63) is 112 Å². The van der Waals surface area contributed by atoms with E-state index in [4.69, 9.17) is 4.42 Å². The first-order valence-corrected chi connectivity index (χ1v) is 10.4. The van der Waals surface area contributed by atoms with Gasteiger partial charge in [0.15, 0.2) is 5.43 Å². The van der Waals surface area contributed by atoms with Crippen LogP contribution < -0.4 is 10.7 Å². The van der Waals surface area contributed by atoms with Crippen LogP contribution in [0.3, 0.4) is 0 Å². The molecule has 32 heavy (non-hydrogen) atoms. The Balaban J connectivity index is 1.42. The van der Waals surface area contributed by atoms with Crippen LogP contribution in [0.25, 0.3) is 33.1 Å². The van der Waals surface area contributed by atoms with Crippen molar-refractivity contribution in [2.24, 2.45) is 0 Å². The average Bonchev–Trinajstić information content (AvgIpc) is 2.79. The second-order valence-corrected chi connectivity index (χ2v) is 8.03. The molecule has 156 valence electrons. The van der Waals surface area contributed by atoms with Crippen molar-refractivity contribution in [3.63, 3.8) is 0 Å². The van der Waals surface area contributed by atoms with Gasteiger partial charge >= 0.3 is 0 Å². The standard InChI is InChI=1S/C28H21NO3/c1-17-13-18(2)27-24(14-17)25(30)16-26(32-27)20-7-9-21(10-8-20)28(31)29-23-12-11-19-5-3-4-6-22(19)15-23/h3-16H,1-2H3,(H,29,31). The van der Waals surface area contributed by atoms with E-state index in [1.165, 1.54) is 6.07 Å². The Kier molecular flexibility index (Phi) is 4.83. The van der Waals surface area contributed by atoms with Gasteiger partial charge in [0.1, 0.15) is 11.3 Å². The Bertz CT molecular complexity index is 1550. The third-order valence-electron chi connectivity index (χ3n) is 5.60. The van der Waals surface area contributed by atoms with E-state index in [9.17, 15) is 9.59 Å². The molecule has 4 nitrogen and oxygen atoms in total. The summed E-state index contributed by atoms with van der Waals surface area (Å²) in [7, 11) is 0. The van der Waals surface area contributed by atoms with Crippen LogP contribution in [0, 0.1) is 13.8 Å². The number of amides is 1. The lowest BCUT2D eigenvalue weighted by atomic mass is 10.1. The number of carbonyl (C=O) groups excluding carboxylic acids is 1. The number of hydrogen-bond acceptors (Lipinski definition) is 3. The smallest absolute Gasteiger partial charge is 0.255 e. The Labute approximate surface area is 185 Å². The highest BCUT2D eigenvalue weighted by molar-refractivity contribution is 6.05. The molecule has 0 saturated carbocycles. The number of aryl methyl sites for hydroxylation is 2. The second-order valence-electron chi connectivity index (χ2n) is 8.03. The third kappa shape index (κ3) is 3.67. The fourth-order valence-corrected chi connectivity index (χ4v) is 4.01. The van der Waals surface area contributed by atoms with E-state index >= 15 is 0 Å². The topological polar surface area (TPSA) is 59.3 Å². The Morgan fingerprint density at radius 1 is 0.812 bits per heavy atom. The number of hydrogen-bond donors (Lipinski definition) is 1. The molecule has 5 rings (SSSR count). The lowest BCUT2D eigenvalue weighted by Crippen LogP contribution is -2.11. The van der Waals surface area contributed by atoms with Gasteiger partial charge in [0, 0.05) is 22.9 Å². The van der Waals surface area contributed by atoms with E-state index in [1.807, 2.05) is 68.4 Å². The van der Waals surface area contributed by atoms with Gasteiger partial charge in [-0.1, -0.05) is 48.5 Å². The van der Waals surface area contributed by atoms with Crippen LogP contribution in [-0.4, -0.2) is 5.91 Å². The predicted octanol–water partition coefficient (Wildman–Crippen LogP) is 6.48. The maximum atomic E-state index is 12.7. The summed E-state index contributed by atoms with van der Waals surface area (Å²) in [6.07, 6.45) is 0. The van der Waals surface area contributed by atoms with Crippen molar-refractivity contribution in [3.8, 4) is 11.3 Å². The first kappa shape index (κ1) is 19.8. The van der Waals surface area contributed by atoms with Crippen LogP contribution in [0.5, 0.6) is 0 Å². The number of fused-ring (bicyclic) bond motifs is 2. The zero-order valence-electron chi connectivity index (χ0n) is 17.8. The van der Waals surface area contributed by atoms with Crippen molar-refractivity contribution in [1.82, 2.24) is 0 Å². The SMILES string of the molecule is Cc1cc(C)c2oc(-c3ccc(C(=O)Nc4ccc5ccccc5c4)cc3)cc(=O)c2c1. The first-order valence-electron chi connectivity index (χ1n) is 10.4. The van der Waals surface area contributed by atoms with Crippen molar-refractivity contribution < 1.29 is 9.21 Å². The van der Waals surface area contributed by atoms with Gasteiger partial charge in [0.2, 0.25) is 0 Å². The highest BCUT2D eigenvalue weighted by Gasteiger charge is 2.11. The molecule has 4 heteroatoms. The van der Waals surface area contributed by atoms with Gasteiger partial charge in [0.05, 0.1) is 5.39 Å². The van der Waals surface area contributed by atoms with E-state index in [-0.39, 0.29) is 11.3 Å². The highest BCUT2D eigenvalue weighted by Crippen LogP contribution is 2.26. The van der Waals surface area contributed by atoms with E-state index < -0.39 is 0 Å². The summed E-state index contributed by atoms with van der Waals surface area (Å²) in [5.74, 6) is 0.286. The maximum Gasteiger partial charge on any atom is 0.255 e. The molecule has 1 amide bonds. The normalized spacial score (nSPS) is 11.1. The lowest BCUT2D eigenvalue weighted by Gasteiger charge is -2.09. The van der Waals surface area contributed by atoms with Crippen molar-refractivity contribution >= 4 is 33.3 Å². The fourth-order valence-electron chi connectivity index (χ4n) is 4.01. The Morgan fingerprint density at radius 3 is 2.34 bits per heavy atom. The van der Waals surface area contributed by atoms with E-state index in [2.05, 4.69) is 5.32 Å². The minimum absolute atomic E-state index is 0.0776. The molecule has 1 N–H and O–H groups in total. The Morgan fingerprint density at radius 2 is 1.56 bits per heavy atom. The number of rotatable bonds is 3. The molecule has 0 atom stereocenters. The van der Waals surface area contributed by atoms with Crippen LogP contribution in [0.4, 0.5) is 5.69 Å². The summed E-state index contributed by atoms with van der Waals surface area (Å²) in [6, 6.07) is 26.2. The molecule has 0 unspecified atom stereocenters. The maximum absolute atomic E-state index is 12.7. The molecule has 0 saturated heterocycles. The zero-order chi connectivity index (χ0) is 22.2. The second kappa shape index (κ2) is 7.82. The summed E-state index contributed by atoms with van der Waals surface area (Å²) in [5, 5.41) is 5.71. The zero-order valence-corrected chi connectivity index (χ0v) is 17.8. The molecule has 0 aliphatic carbocycles. The van der Waals surface area contributed by atoms with E-state index in [0.717, 1.165) is 33.2 Å². The van der Waals surface area contributed by atoms with Gasteiger partial charge in [-0.25, -0.2) is 0 Å². The van der Waals surface area contributed by atoms with E-state index in [0.29, 0.717) is 22.3 Å². The quantitative estimate of drug-likeness (QED) is 0.364. The number of nitrogens with one attached hydrogen (secondary N) is 1. The summed E-state index contributed by atoms with van der Waals surface area (Å²) in [5.41, 5.74) is 4.47. The van der Waals surface area contributed by atoms with Crippen LogP contribution in [0.2, 0.25) is 0 Å². The molecule has 0 radical (unpaired) electrons. The van der Waals surface area contributed by atoms with Crippen LogP contribution in [0.15, 0.2) is 94.1 Å². The summed E-state index contributed by atoms with van der Waals surface area (Å²) in [6.45, 7) is 3.89. The molecule has 1 aromatic heterocycles. The monoisotopic (exact) mass is 419 g/mol. The number of benzene rings is 4. The number of anilines is 1. The molecular formula is C28H21NO3. The van der Waals surface area contributed by atoms with Crippen LogP contribution in [-0.2, 0) is 0 Å². The molecule has 0 fully saturated rings. The summed E-state index contributed by atoms with van der Waals surface area (Å²) < 4.78 is 6.05. The van der Waals surface area contributed by atoms with Crippen LogP contribution in [0.1, 0.15) is 21.5 Å². The van der Waals surface area contributed by atoms with Gasteiger partial charge in [-0.05, 0) is 66.1 Å². The molecular weight excluding hydrogens is 398 g/mol. The third-order valence-corrected chi connectivity index (χ3v) is 5.60. The average molecular weight is 419 g/mol. The van der Waals surface area contributed by atoms with Gasteiger partial charge < -0.3 is 9.73 Å². The predicted molar refractivity (Wildman–Crippen MR) is 129 cm³/mol.